The predicted octanol–water partition coefficient (Wildman–Crippen LogP) is 4.06. The van der Waals surface area contributed by atoms with E-state index in [0.29, 0.717) is 44.8 Å². The molecule has 1 amide bonds. The van der Waals surface area contributed by atoms with Crippen molar-refractivity contribution in [1.29, 1.82) is 0 Å². The average molecular weight is 390 g/mol. The van der Waals surface area contributed by atoms with E-state index in [1.165, 1.54) is 6.92 Å². The van der Waals surface area contributed by atoms with Crippen LogP contribution in [0.4, 0.5) is 0 Å². The number of carbonyl (C=O) groups is 2. The Morgan fingerprint density at radius 2 is 1.54 bits per heavy atom. The van der Waals surface area contributed by atoms with Crippen LogP contribution in [0.25, 0.3) is 0 Å². The van der Waals surface area contributed by atoms with Crippen LogP contribution in [0.3, 0.4) is 0 Å². The van der Waals surface area contributed by atoms with Gasteiger partial charge in [-0.15, -0.1) is 0 Å². The summed E-state index contributed by atoms with van der Waals surface area (Å²) >= 11 is 0. The lowest BCUT2D eigenvalue weighted by Gasteiger charge is -2.26. The molecule has 7 nitrogen and oxygen atoms in total. The van der Waals surface area contributed by atoms with E-state index in [1.807, 2.05) is 25.7 Å². The maximum Gasteiger partial charge on any atom is 0.338 e. The monoisotopic (exact) mass is 390 g/mol. The number of hydrogen-bond donors (Lipinski definition) is 0. The highest BCUT2D eigenvalue weighted by Gasteiger charge is 2.29. The fraction of sp³-hybridized carbons (Fsp3) is 0.833. The summed E-state index contributed by atoms with van der Waals surface area (Å²) in [4.78, 5) is 28.4. The van der Waals surface area contributed by atoms with E-state index in [-0.39, 0.29) is 24.5 Å². The van der Waals surface area contributed by atoms with Crippen molar-refractivity contribution in [3.8, 4) is 0 Å². The van der Waals surface area contributed by atoms with E-state index in [1.54, 1.807) is 6.92 Å². The predicted molar refractivity (Wildman–Crippen MR) is 105 cm³/mol. The Kier molecular flexibility index (Phi) is 13.5. The van der Waals surface area contributed by atoms with Crippen molar-refractivity contribution in [2.75, 3.05) is 32.5 Å². The van der Waals surface area contributed by atoms with Gasteiger partial charge in [0.05, 0.1) is 13.2 Å². The summed E-state index contributed by atoms with van der Waals surface area (Å²) < 4.78 is 24.4. The van der Waals surface area contributed by atoms with Crippen molar-refractivity contribution in [1.82, 2.24) is 4.90 Å². The van der Waals surface area contributed by atoms with Gasteiger partial charge in [0.15, 0.2) is 0 Å². The Bertz CT molecular complexity index is 504. The van der Waals surface area contributed by atoms with E-state index >= 15 is 0 Å². The lowest BCUT2D eigenvalue weighted by atomic mass is 10.2. The van der Waals surface area contributed by atoms with Crippen LogP contribution in [0, 0.1) is 0 Å². The first-order valence-corrected chi connectivity index (χ1v) is 11.2. The minimum absolute atomic E-state index is 0.0231. The molecule has 0 rings (SSSR count). The number of carbonyl (C=O) groups excluding carboxylic acids is 2. The SMILES string of the molecule is CCCCOP(=O)(CC(=NC(C)=O)N(CC)CC)OCCCCC(C)=O. The van der Waals surface area contributed by atoms with Crippen LogP contribution in [0.1, 0.15) is 66.7 Å². The number of unbranched alkanes of at least 4 members (excludes halogenated alkanes) is 2. The normalized spacial score (nSPS) is 14.1. The third kappa shape index (κ3) is 11.6. The first-order valence-electron chi connectivity index (χ1n) is 9.48. The number of nitrogens with zero attached hydrogens (tertiary/aromatic N) is 2. The third-order valence-electron chi connectivity index (χ3n) is 3.75. The van der Waals surface area contributed by atoms with Gasteiger partial charge in [-0.05, 0) is 40.0 Å². The molecule has 0 aromatic rings. The van der Waals surface area contributed by atoms with Crippen LogP contribution < -0.4 is 0 Å². The number of amides is 1. The van der Waals surface area contributed by atoms with Crippen LogP contribution in [0.2, 0.25) is 0 Å². The molecular weight excluding hydrogens is 355 g/mol. The summed E-state index contributed by atoms with van der Waals surface area (Å²) in [7, 11) is -3.42. The standard InChI is InChI=1S/C18H35N2O5P/c1-6-9-13-24-26(23,25-14-11-10-12-16(4)21)15-18(19-17(5)22)20(7-2)8-3/h6-15H2,1-5H3. The summed E-state index contributed by atoms with van der Waals surface area (Å²) in [6, 6.07) is 0. The van der Waals surface area contributed by atoms with Gasteiger partial charge < -0.3 is 18.7 Å². The number of aliphatic imine (C=N–C) groups is 1. The molecule has 0 aromatic heterocycles. The molecule has 0 aliphatic carbocycles. The Hall–Kier alpha value is -1.04. The number of Topliss-reactive ketones (excluding diaryl/α,β-unsaturated/α-hetero) is 1. The molecule has 0 fully saturated rings. The van der Waals surface area contributed by atoms with Crippen molar-refractivity contribution in [3.63, 3.8) is 0 Å². The summed E-state index contributed by atoms with van der Waals surface area (Å²) in [5, 5.41) is 0. The zero-order valence-corrected chi connectivity index (χ0v) is 17.8. The summed E-state index contributed by atoms with van der Waals surface area (Å²) in [5.41, 5.74) is 0. The highest BCUT2D eigenvalue weighted by molar-refractivity contribution is 7.54. The summed E-state index contributed by atoms with van der Waals surface area (Å²) in [6.45, 7) is 10.7. The average Bonchev–Trinajstić information content (AvgIpc) is 2.55. The number of ketones is 1. The van der Waals surface area contributed by atoms with Crippen LogP contribution in [-0.2, 0) is 23.2 Å². The molecule has 0 saturated heterocycles. The van der Waals surface area contributed by atoms with Crippen LogP contribution in [-0.4, -0.2) is 54.9 Å². The Morgan fingerprint density at radius 1 is 0.962 bits per heavy atom. The van der Waals surface area contributed by atoms with Crippen molar-refractivity contribution in [3.05, 3.63) is 0 Å². The lowest BCUT2D eigenvalue weighted by Crippen LogP contribution is -2.34. The van der Waals surface area contributed by atoms with Gasteiger partial charge in [0.2, 0.25) is 5.91 Å². The first kappa shape index (κ1) is 25.0. The molecule has 152 valence electrons. The van der Waals surface area contributed by atoms with E-state index in [2.05, 4.69) is 4.99 Å². The van der Waals surface area contributed by atoms with Crippen molar-refractivity contribution in [2.45, 2.75) is 66.7 Å². The van der Waals surface area contributed by atoms with Crippen molar-refractivity contribution < 1.29 is 23.2 Å². The minimum atomic E-state index is -3.42. The van der Waals surface area contributed by atoms with Crippen LogP contribution in [0.15, 0.2) is 4.99 Å². The molecule has 0 aliphatic heterocycles. The molecule has 0 N–H and O–H groups in total. The molecule has 1 unspecified atom stereocenters. The van der Waals surface area contributed by atoms with Crippen molar-refractivity contribution in [2.24, 2.45) is 4.99 Å². The first-order chi connectivity index (χ1) is 12.3. The molecule has 0 saturated carbocycles. The molecule has 0 heterocycles. The van der Waals surface area contributed by atoms with Gasteiger partial charge in [-0.1, -0.05) is 13.3 Å². The Balaban J connectivity index is 5.07. The third-order valence-corrected chi connectivity index (χ3v) is 5.57. The molecule has 0 aliphatic rings. The maximum atomic E-state index is 13.2. The maximum absolute atomic E-state index is 13.2. The van der Waals surface area contributed by atoms with Gasteiger partial charge in [0, 0.05) is 26.4 Å². The van der Waals surface area contributed by atoms with E-state index in [4.69, 9.17) is 9.05 Å². The molecule has 0 aromatic carbocycles. The second-order valence-corrected chi connectivity index (χ2v) is 8.22. The molecule has 8 heteroatoms. The second-order valence-electron chi connectivity index (χ2n) is 6.17. The topological polar surface area (TPSA) is 85.3 Å². The summed E-state index contributed by atoms with van der Waals surface area (Å²) in [5.74, 6) is 0.226. The zero-order valence-electron chi connectivity index (χ0n) is 17.0. The lowest BCUT2D eigenvalue weighted by molar-refractivity contribution is -0.117. The fourth-order valence-electron chi connectivity index (χ4n) is 2.31. The zero-order chi connectivity index (χ0) is 20.0. The van der Waals surface area contributed by atoms with Gasteiger partial charge in [-0.25, -0.2) is 0 Å². The number of amidine groups is 1. The van der Waals surface area contributed by atoms with E-state index in [9.17, 15) is 14.2 Å². The largest absolute Gasteiger partial charge is 0.360 e. The minimum Gasteiger partial charge on any atom is -0.360 e. The van der Waals surface area contributed by atoms with Crippen LogP contribution in [0.5, 0.6) is 0 Å². The number of rotatable bonds is 14. The van der Waals surface area contributed by atoms with E-state index in [0.717, 1.165) is 12.8 Å². The van der Waals surface area contributed by atoms with Crippen LogP contribution >= 0.6 is 7.60 Å². The molecule has 26 heavy (non-hydrogen) atoms. The Labute approximate surface area is 158 Å². The molecule has 0 bridgehead atoms. The van der Waals surface area contributed by atoms with Gasteiger partial charge in [0.25, 0.3) is 0 Å². The molecule has 1 atom stereocenters. The summed E-state index contributed by atoms with van der Waals surface area (Å²) in [6.07, 6.45) is 3.48. The molecule has 0 spiro atoms. The highest BCUT2D eigenvalue weighted by Crippen LogP contribution is 2.48. The highest BCUT2D eigenvalue weighted by atomic mass is 31.2. The molecule has 0 radical (unpaired) electrons. The smallest absolute Gasteiger partial charge is 0.338 e. The van der Waals surface area contributed by atoms with Gasteiger partial charge in [-0.2, -0.15) is 4.99 Å². The van der Waals surface area contributed by atoms with Crippen molar-refractivity contribution >= 4 is 25.1 Å². The Morgan fingerprint density at radius 3 is 2.00 bits per heavy atom. The second kappa shape index (κ2) is 14.1. The van der Waals surface area contributed by atoms with Gasteiger partial charge in [0.1, 0.15) is 17.8 Å². The van der Waals surface area contributed by atoms with E-state index < -0.39 is 7.60 Å². The van der Waals surface area contributed by atoms with Gasteiger partial charge in [-0.3, -0.25) is 9.36 Å². The molecular formula is C18H35N2O5P. The fourth-order valence-corrected chi connectivity index (χ4v) is 3.99. The quantitative estimate of drug-likeness (QED) is 0.192. The number of hydrogen-bond acceptors (Lipinski definition) is 5. The van der Waals surface area contributed by atoms with Gasteiger partial charge >= 0.3 is 7.60 Å².